The topological polar surface area (TPSA) is 23.6 Å². The zero-order valence-electron chi connectivity index (χ0n) is 16.1. The molecule has 2 aliphatic rings. The van der Waals surface area contributed by atoms with E-state index in [1.165, 1.54) is 6.42 Å². The number of benzene rings is 1. The molecule has 142 valence electrons. The van der Waals surface area contributed by atoms with E-state index in [1.54, 1.807) is 0 Å². The van der Waals surface area contributed by atoms with E-state index in [2.05, 4.69) is 17.9 Å². The van der Waals surface area contributed by atoms with Crippen molar-refractivity contribution in [2.75, 3.05) is 26.7 Å². The maximum absolute atomic E-state index is 13.7. The second kappa shape index (κ2) is 8.58. The first-order chi connectivity index (χ1) is 12.6. The SMILES string of the molecule is CCN1CC=C(N(C)C(=O)C(Cl)(c2ccccc2)C2CCCCC2)CC1. The number of carbonyl (C=O) groups excluding carboxylic acids is 1. The van der Waals surface area contributed by atoms with Crippen LogP contribution in [0, 0.1) is 5.92 Å². The average molecular weight is 375 g/mol. The van der Waals surface area contributed by atoms with Crippen LogP contribution in [-0.2, 0) is 9.67 Å². The van der Waals surface area contributed by atoms with Crippen molar-refractivity contribution in [1.29, 1.82) is 0 Å². The van der Waals surface area contributed by atoms with Gasteiger partial charge in [0.2, 0.25) is 0 Å². The molecule has 1 aliphatic carbocycles. The van der Waals surface area contributed by atoms with E-state index in [-0.39, 0.29) is 11.8 Å². The molecule has 0 saturated heterocycles. The molecule has 1 amide bonds. The molecule has 0 bridgehead atoms. The number of halogens is 1. The number of carbonyl (C=O) groups is 1. The molecule has 1 aromatic rings. The Hall–Kier alpha value is -1.32. The van der Waals surface area contributed by atoms with Crippen LogP contribution in [0.1, 0.15) is 51.0 Å². The smallest absolute Gasteiger partial charge is 0.252 e. The highest BCUT2D eigenvalue weighted by Crippen LogP contribution is 2.46. The third kappa shape index (κ3) is 3.84. The van der Waals surface area contributed by atoms with Crippen molar-refractivity contribution in [3.05, 3.63) is 47.7 Å². The first-order valence-corrected chi connectivity index (χ1v) is 10.4. The Bertz CT molecular complexity index is 639. The summed E-state index contributed by atoms with van der Waals surface area (Å²) in [6.45, 7) is 5.14. The van der Waals surface area contributed by atoms with Crippen molar-refractivity contribution in [2.45, 2.75) is 50.3 Å². The molecule has 0 spiro atoms. The fraction of sp³-hybridized carbons (Fsp3) is 0.591. The number of hydrogen-bond donors (Lipinski definition) is 0. The monoisotopic (exact) mass is 374 g/mol. The van der Waals surface area contributed by atoms with Gasteiger partial charge >= 0.3 is 0 Å². The van der Waals surface area contributed by atoms with Crippen LogP contribution >= 0.6 is 11.6 Å². The van der Waals surface area contributed by atoms with E-state index >= 15 is 0 Å². The van der Waals surface area contributed by atoms with E-state index in [0.717, 1.165) is 63.0 Å². The van der Waals surface area contributed by atoms with E-state index in [1.807, 2.05) is 42.3 Å². The molecule has 3 rings (SSSR count). The Morgan fingerprint density at radius 1 is 1.23 bits per heavy atom. The van der Waals surface area contributed by atoms with Crippen molar-refractivity contribution < 1.29 is 4.79 Å². The van der Waals surface area contributed by atoms with Crippen LogP contribution in [0.4, 0.5) is 0 Å². The maximum Gasteiger partial charge on any atom is 0.252 e. The maximum atomic E-state index is 13.7. The molecule has 26 heavy (non-hydrogen) atoms. The lowest BCUT2D eigenvalue weighted by Crippen LogP contribution is -2.47. The third-order valence-corrected chi connectivity index (χ3v) is 6.81. The van der Waals surface area contributed by atoms with Gasteiger partial charge in [-0.05, 0) is 30.9 Å². The van der Waals surface area contributed by atoms with E-state index in [4.69, 9.17) is 11.6 Å². The summed E-state index contributed by atoms with van der Waals surface area (Å²) >= 11 is 7.24. The third-order valence-electron chi connectivity index (χ3n) is 6.12. The van der Waals surface area contributed by atoms with Crippen LogP contribution in [0.2, 0.25) is 0 Å². The molecule has 3 nitrogen and oxygen atoms in total. The summed E-state index contributed by atoms with van der Waals surface area (Å²) in [5.41, 5.74) is 2.05. The zero-order chi connectivity index (χ0) is 18.6. The van der Waals surface area contributed by atoms with Gasteiger partial charge in [0.05, 0.1) is 0 Å². The highest BCUT2D eigenvalue weighted by Gasteiger charge is 2.47. The second-order valence-electron chi connectivity index (χ2n) is 7.62. The van der Waals surface area contributed by atoms with Crippen molar-refractivity contribution in [1.82, 2.24) is 9.80 Å². The average Bonchev–Trinajstić information content (AvgIpc) is 2.73. The minimum Gasteiger partial charge on any atom is -0.318 e. The van der Waals surface area contributed by atoms with Crippen LogP contribution in [0.25, 0.3) is 0 Å². The molecule has 1 fully saturated rings. The van der Waals surface area contributed by atoms with Crippen molar-refractivity contribution in [3.8, 4) is 0 Å². The van der Waals surface area contributed by atoms with Crippen LogP contribution in [0.15, 0.2) is 42.1 Å². The van der Waals surface area contributed by atoms with Gasteiger partial charge in [-0.15, -0.1) is 11.6 Å². The van der Waals surface area contributed by atoms with Gasteiger partial charge in [-0.1, -0.05) is 62.6 Å². The van der Waals surface area contributed by atoms with Gasteiger partial charge in [0, 0.05) is 32.3 Å². The summed E-state index contributed by atoms with van der Waals surface area (Å²) in [7, 11) is 1.90. The quantitative estimate of drug-likeness (QED) is 0.693. The lowest BCUT2D eigenvalue weighted by molar-refractivity contribution is -0.133. The number of nitrogens with zero attached hydrogens (tertiary/aromatic N) is 2. The number of hydrogen-bond acceptors (Lipinski definition) is 2. The zero-order valence-corrected chi connectivity index (χ0v) is 16.8. The van der Waals surface area contributed by atoms with E-state index in [0.29, 0.717) is 0 Å². The Morgan fingerprint density at radius 2 is 1.92 bits per heavy atom. The van der Waals surface area contributed by atoms with Crippen molar-refractivity contribution >= 4 is 17.5 Å². The number of likely N-dealkylation sites (N-methyl/N-ethyl adjacent to an activating group) is 2. The van der Waals surface area contributed by atoms with Gasteiger partial charge in [-0.3, -0.25) is 9.69 Å². The standard InChI is InChI=1S/C22H31ClN2O/c1-3-25-16-14-20(15-17-25)24(2)21(26)22(23,18-10-6-4-7-11-18)19-12-8-5-9-13-19/h4,6-7,10-11,14,19H,3,5,8-9,12-13,15-17H2,1-2H3. The summed E-state index contributed by atoms with van der Waals surface area (Å²) in [5, 5.41) is 0. The lowest BCUT2D eigenvalue weighted by Gasteiger charge is -2.40. The lowest BCUT2D eigenvalue weighted by atomic mass is 9.75. The number of amides is 1. The van der Waals surface area contributed by atoms with Gasteiger partial charge in [-0.25, -0.2) is 0 Å². The molecule has 1 unspecified atom stereocenters. The summed E-state index contributed by atoms with van der Waals surface area (Å²) < 4.78 is 0. The normalized spacial score (nSPS) is 21.7. The molecular weight excluding hydrogens is 344 g/mol. The first-order valence-electron chi connectivity index (χ1n) is 10.0. The molecule has 1 saturated carbocycles. The Balaban J connectivity index is 1.89. The molecular formula is C22H31ClN2O. The molecule has 0 aromatic heterocycles. The van der Waals surface area contributed by atoms with Gasteiger partial charge in [0.1, 0.15) is 0 Å². The molecule has 1 heterocycles. The van der Waals surface area contributed by atoms with Gasteiger partial charge in [0.25, 0.3) is 5.91 Å². The number of alkyl halides is 1. The second-order valence-corrected chi connectivity index (χ2v) is 8.21. The van der Waals surface area contributed by atoms with Crippen LogP contribution in [0.5, 0.6) is 0 Å². The highest BCUT2D eigenvalue weighted by molar-refractivity contribution is 6.35. The summed E-state index contributed by atoms with van der Waals surface area (Å²) in [5.74, 6) is 0.236. The summed E-state index contributed by atoms with van der Waals surface area (Å²) in [6, 6.07) is 9.99. The van der Waals surface area contributed by atoms with E-state index < -0.39 is 4.87 Å². The molecule has 1 atom stereocenters. The molecule has 0 N–H and O–H groups in total. The first kappa shape index (κ1) is 19.4. The van der Waals surface area contributed by atoms with E-state index in [9.17, 15) is 4.79 Å². The van der Waals surface area contributed by atoms with Crippen molar-refractivity contribution in [3.63, 3.8) is 0 Å². The Morgan fingerprint density at radius 3 is 2.50 bits per heavy atom. The fourth-order valence-corrected chi connectivity index (χ4v) is 4.85. The van der Waals surface area contributed by atoms with Crippen LogP contribution in [-0.4, -0.2) is 42.4 Å². The van der Waals surface area contributed by atoms with Crippen LogP contribution in [0.3, 0.4) is 0 Å². The predicted octanol–water partition coefficient (Wildman–Crippen LogP) is 4.77. The fourth-order valence-electron chi connectivity index (χ4n) is 4.38. The van der Waals surface area contributed by atoms with Crippen LogP contribution < -0.4 is 0 Å². The molecule has 1 aliphatic heterocycles. The minimum atomic E-state index is -0.959. The largest absolute Gasteiger partial charge is 0.318 e. The van der Waals surface area contributed by atoms with Gasteiger partial charge < -0.3 is 4.90 Å². The Labute approximate surface area is 163 Å². The predicted molar refractivity (Wildman–Crippen MR) is 108 cm³/mol. The van der Waals surface area contributed by atoms with Gasteiger partial charge in [-0.2, -0.15) is 0 Å². The minimum absolute atomic E-state index is 0.0356. The summed E-state index contributed by atoms with van der Waals surface area (Å²) in [6.07, 6.45) is 8.73. The van der Waals surface area contributed by atoms with Crippen molar-refractivity contribution in [2.24, 2.45) is 5.92 Å². The highest BCUT2D eigenvalue weighted by atomic mass is 35.5. The summed E-state index contributed by atoms with van der Waals surface area (Å²) in [4.78, 5) is 16.9. The Kier molecular flexibility index (Phi) is 6.42. The number of rotatable bonds is 5. The van der Waals surface area contributed by atoms with Gasteiger partial charge in [0.15, 0.2) is 4.87 Å². The molecule has 1 aromatic carbocycles. The molecule has 4 heteroatoms. The molecule has 0 radical (unpaired) electrons.